The van der Waals surface area contributed by atoms with Crippen molar-refractivity contribution in [2.24, 2.45) is 0 Å². The smallest absolute Gasteiger partial charge is 0.161 e. The lowest BCUT2D eigenvalue weighted by atomic mass is 9.57. The van der Waals surface area contributed by atoms with Gasteiger partial charge in [0.2, 0.25) is 0 Å². The maximum Gasteiger partial charge on any atom is 0.161 e. The van der Waals surface area contributed by atoms with E-state index in [1.165, 1.54) is 47.1 Å². The van der Waals surface area contributed by atoms with Crippen molar-refractivity contribution in [1.82, 2.24) is 5.32 Å². The summed E-state index contributed by atoms with van der Waals surface area (Å²) in [4.78, 5) is 0. The minimum atomic E-state index is 0. The molecule has 1 aliphatic heterocycles. The summed E-state index contributed by atoms with van der Waals surface area (Å²) in [5, 5.41) is 3.86. The van der Waals surface area contributed by atoms with Gasteiger partial charge in [0.1, 0.15) is 0 Å². The largest absolute Gasteiger partial charge is 0.493 e. The molecule has 1 saturated carbocycles. The van der Waals surface area contributed by atoms with Crippen LogP contribution in [0, 0.1) is 0 Å². The standard InChI is InChI=1S/C27H29NO2.ClH/c1-29-24-17-21-13-16-28-26(23(21)18-25(24)30-2)27(14-6-15-27)22-11-9-20(10-12-22)19-7-4-3-5-8-19;/h3-5,7-12,17-18,26,28H,6,13-16H2,1-2H3;1H. The van der Waals surface area contributed by atoms with Gasteiger partial charge in [-0.1, -0.05) is 61.0 Å². The van der Waals surface area contributed by atoms with E-state index in [9.17, 15) is 0 Å². The van der Waals surface area contributed by atoms with E-state index < -0.39 is 0 Å². The van der Waals surface area contributed by atoms with Crippen LogP contribution in [-0.4, -0.2) is 20.8 Å². The molecule has 5 rings (SSSR count). The molecule has 0 saturated heterocycles. The van der Waals surface area contributed by atoms with Gasteiger partial charge in [-0.25, -0.2) is 0 Å². The highest BCUT2D eigenvalue weighted by Crippen LogP contribution is 2.54. The van der Waals surface area contributed by atoms with Gasteiger partial charge in [0.25, 0.3) is 0 Å². The van der Waals surface area contributed by atoms with Crippen LogP contribution in [0.25, 0.3) is 11.1 Å². The van der Waals surface area contributed by atoms with E-state index in [0.29, 0.717) is 6.04 Å². The Hall–Kier alpha value is -2.49. The first-order valence-electron chi connectivity index (χ1n) is 10.9. The number of halogens is 1. The third-order valence-electron chi connectivity index (χ3n) is 7.06. The van der Waals surface area contributed by atoms with Gasteiger partial charge >= 0.3 is 0 Å². The highest BCUT2D eigenvalue weighted by atomic mass is 35.5. The Labute approximate surface area is 191 Å². The molecule has 1 atom stereocenters. The number of nitrogens with one attached hydrogen (secondary N) is 1. The normalized spacial score (nSPS) is 18.8. The molecule has 1 unspecified atom stereocenters. The molecular weight excluding hydrogens is 406 g/mol. The number of fused-ring (bicyclic) bond motifs is 1. The summed E-state index contributed by atoms with van der Waals surface area (Å²) in [6.07, 6.45) is 4.72. The lowest BCUT2D eigenvalue weighted by Crippen LogP contribution is -2.49. The van der Waals surface area contributed by atoms with Crippen molar-refractivity contribution in [2.45, 2.75) is 37.1 Å². The van der Waals surface area contributed by atoms with Gasteiger partial charge in [-0.15, -0.1) is 12.4 Å². The maximum absolute atomic E-state index is 5.63. The Morgan fingerprint density at radius 2 is 1.48 bits per heavy atom. The molecule has 3 nitrogen and oxygen atoms in total. The summed E-state index contributed by atoms with van der Waals surface area (Å²) < 4.78 is 11.2. The Balaban J connectivity index is 0.00000231. The Morgan fingerprint density at radius 3 is 2.10 bits per heavy atom. The SMILES string of the molecule is COc1cc2c(cc1OC)C(C1(c3ccc(-c4ccccc4)cc3)CCC1)NCC2.Cl. The Bertz CT molecular complexity index is 1030. The molecule has 1 N–H and O–H groups in total. The zero-order valence-corrected chi connectivity index (χ0v) is 19.0. The van der Waals surface area contributed by atoms with Crippen LogP contribution in [0.1, 0.15) is 42.0 Å². The number of methoxy groups -OCH3 is 2. The van der Waals surface area contributed by atoms with Gasteiger partial charge in [0.05, 0.1) is 14.2 Å². The molecule has 0 aromatic heterocycles. The van der Waals surface area contributed by atoms with Crippen LogP contribution < -0.4 is 14.8 Å². The highest BCUT2D eigenvalue weighted by Gasteiger charge is 2.47. The first-order valence-corrected chi connectivity index (χ1v) is 10.9. The van der Waals surface area contributed by atoms with Crippen molar-refractivity contribution in [2.75, 3.05) is 20.8 Å². The third-order valence-corrected chi connectivity index (χ3v) is 7.06. The van der Waals surface area contributed by atoms with Crippen LogP contribution in [0.5, 0.6) is 11.5 Å². The lowest BCUT2D eigenvalue weighted by molar-refractivity contribution is 0.164. The maximum atomic E-state index is 5.63. The van der Waals surface area contributed by atoms with E-state index in [1.807, 2.05) is 0 Å². The second-order valence-corrected chi connectivity index (χ2v) is 8.50. The molecular formula is C27H30ClNO2. The fourth-order valence-corrected chi connectivity index (χ4v) is 5.30. The van der Waals surface area contributed by atoms with Crippen molar-refractivity contribution in [1.29, 1.82) is 0 Å². The van der Waals surface area contributed by atoms with E-state index in [0.717, 1.165) is 24.5 Å². The van der Waals surface area contributed by atoms with E-state index >= 15 is 0 Å². The summed E-state index contributed by atoms with van der Waals surface area (Å²) in [7, 11) is 3.43. The Morgan fingerprint density at radius 1 is 0.839 bits per heavy atom. The molecule has 3 aromatic carbocycles. The van der Waals surface area contributed by atoms with Gasteiger partial charge in [-0.05, 0) is 65.8 Å². The monoisotopic (exact) mass is 435 g/mol. The average Bonchev–Trinajstić information content (AvgIpc) is 2.78. The van der Waals surface area contributed by atoms with Crippen molar-refractivity contribution in [3.63, 3.8) is 0 Å². The first-order chi connectivity index (χ1) is 14.7. The average molecular weight is 436 g/mol. The van der Waals surface area contributed by atoms with Crippen LogP contribution in [0.4, 0.5) is 0 Å². The van der Waals surface area contributed by atoms with Crippen molar-refractivity contribution in [3.05, 3.63) is 83.4 Å². The van der Waals surface area contributed by atoms with Crippen LogP contribution in [0.2, 0.25) is 0 Å². The van der Waals surface area contributed by atoms with Crippen LogP contribution in [-0.2, 0) is 11.8 Å². The highest BCUT2D eigenvalue weighted by molar-refractivity contribution is 5.85. The number of ether oxygens (including phenoxy) is 2. The molecule has 4 heteroatoms. The molecule has 1 aliphatic carbocycles. The molecule has 1 heterocycles. The quantitative estimate of drug-likeness (QED) is 0.525. The minimum absolute atomic E-state index is 0. The molecule has 31 heavy (non-hydrogen) atoms. The first kappa shape index (κ1) is 21.7. The fraction of sp³-hybridized carbons (Fsp3) is 0.333. The summed E-state index contributed by atoms with van der Waals surface area (Å²) >= 11 is 0. The Kier molecular flexibility index (Phi) is 6.27. The zero-order chi connectivity index (χ0) is 20.6. The van der Waals surface area contributed by atoms with Crippen LogP contribution in [0.3, 0.4) is 0 Å². The molecule has 3 aromatic rings. The molecule has 0 spiro atoms. The van der Waals surface area contributed by atoms with Crippen molar-refractivity contribution in [3.8, 4) is 22.6 Å². The second kappa shape index (κ2) is 8.94. The number of hydrogen-bond acceptors (Lipinski definition) is 3. The molecule has 2 aliphatic rings. The van der Waals surface area contributed by atoms with E-state index in [1.54, 1.807) is 14.2 Å². The van der Waals surface area contributed by atoms with Gasteiger partial charge in [0, 0.05) is 11.5 Å². The van der Waals surface area contributed by atoms with Gasteiger partial charge in [-0.2, -0.15) is 0 Å². The van der Waals surface area contributed by atoms with E-state index in [2.05, 4.69) is 72.0 Å². The second-order valence-electron chi connectivity index (χ2n) is 8.50. The fourth-order valence-electron chi connectivity index (χ4n) is 5.30. The third kappa shape index (κ3) is 3.71. The minimum Gasteiger partial charge on any atom is -0.493 e. The van der Waals surface area contributed by atoms with Crippen molar-refractivity contribution >= 4 is 12.4 Å². The number of rotatable bonds is 5. The molecule has 0 bridgehead atoms. The lowest BCUT2D eigenvalue weighted by Gasteiger charge is -2.50. The van der Waals surface area contributed by atoms with Crippen molar-refractivity contribution < 1.29 is 9.47 Å². The molecule has 1 fully saturated rings. The van der Waals surface area contributed by atoms with Crippen LogP contribution >= 0.6 is 12.4 Å². The zero-order valence-electron chi connectivity index (χ0n) is 18.2. The van der Waals surface area contributed by atoms with Gasteiger partial charge < -0.3 is 14.8 Å². The number of hydrogen-bond donors (Lipinski definition) is 1. The van der Waals surface area contributed by atoms with Gasteiger partial charge in [-0.3, -0.25) is 0 Å². The summed E-state index contributed by atoms with van der Waals surface area (Å²) in [5.41, 5.74) is 6.87. The van der Waals surface area contributed by atoms with Gasteiger partial charge in [0.15, 0.2) is 11.5 Å². The summed E-state index contributed by atoms with van der Waals surface area (Å²) in [5.74, 6) is 1.64. The predicted molar refractivity (Wildman–Crippen MR) is 129 cm³/mol. The molecule has 162 valence electrons. The topological polar surface area (TPSA) is 30.5 Å². The molecule has 0 amide bonds. The summed E-state index contributed by atoms with van der Waals surface area (Å²) in [6, 6.07) is 24.5. The summed E-state index contributed by atoms with van der Waals surface area (Å²) in [6.45, 7) is 0.997. The predicted octanol–water partition coefficient (Wildman–Crippen LogP) is 6.10. The van der Waals surface area contributed by atoms with Crippen LogP contribution in [0.15, 0.2) is 66.7 Å². The van der Waals surface area contributed by atoms with E-state index in [4.69, 9.17) is 9.47 Å². The molecule has 0 radical (unpaired) electrons. The number of benzene rings is 3. The van der Waals surface area contributed by atoms with E-state index in [-0.39, 0.29) is 17.8 Å².